The van der Waals surface area contributed by atoms with Gasteiger partial charge in [-0.25, -0.2) is 12.8 Å². The van der Waals surface area contributed by atoms with Crippen molar-refractivity contribution in [1.82, 2.24) is 0 Å². The molecule has 0 spiro atoms. The maximum atomic E-state index is 13.7. The molecule has 112 valence electrons. The Balaban J connectivity index is 2.47. The Morgan fingerprint density at radius 3 is 2.43 bits per heavy atom. The number of nitrogens with zero attached hydrogens (tertiary/aromatic N) is 1. The Labute approximate surface area is 131 Å². The maximum absolute atomic E-state index is 13.7. The molecule has 7 heteroatoms. The largest absolute Gasteiger partial charge is 0.376 e. The van der Waals surface area contributed by atoms with Crippen molar-refractivity contribution in [3.8, 4) is 0 Å². The minimum absolute atomic E-state index is 0.373. The average molecular weight is 373 g/mol. The van der Waals surface area contributed by atoms with Gasteiger partial charge in [-0.2, -0.15) is 0 Å². The van der Waals surface area contributed by atoms with Gasteiger partial charge in [0.15, 0.2) is 0 Å². The van der Waals surface area contributed by atoms with Crippen LogP contribution in [-0.4, -0.2) is 22.5 Å². The van der Waals surface area contributed by atoms with Gasteiger partial charge in [-0.05, 0) is 30.3 Å². The van der Waals surface area contributed by atoms with Crippen LogP contribution in [0.25, 0.3) is 0 Å². The monoisotopic (exact) mass is 372 g/mol. The van der Waals surface area contributed by atoms with E-state index in [0.717, 1.165) is 10.5 Å². The lowest BCUT2D eigenvalue weighted by atomic mass is 10.2. The SMILES string of the molecule is CN(C)c1ccc(Br)cc1NS(=O)(=O)c1ccccc1F. The van der Waals surface area contributed by atoms with Crippen LogP contribution in [0.5, 0.6) is 0 Å². The molecule has 0 fully saturated rings. The second-order valence-corrected chi connectivity index (χ2v) is 7.16. The highest BCUT2D eigenvalue weighted by atomic mass is 79.9. The summed E-state index contributed by atoms with van der Waals surface area (Å²) >= 11 is 3.30. The Hall–Kier alpha value is -1.60. The van der Waals surface area contributed by atoms with Crippen LogP contribution in [0.3, 0.4) is 0 Å². The van der Waals surface area contributed by atoms with Gasteiger partial charge in [0, 0.05) is 18.6 Å². The van der Waals surface area contributed by atoms with Crippen LogP contribution < -0.4 is 9.62 Å². The molecule has 0 aliphatic carbocycles. The van der Waals surface area contributed by atoms with Gasteiger partial charge >= 0.3 is 0 Å². The maximum Gasteiger partial charge on any atom is 0.264 e. The highest BCUT2D eigenvalue weighted by Crippen LogP contribution is 2.30. The Morgan fingerprint density at radius 2 is 1.81 bits per heavy atom. The molecule has 0 bridgehead atoms. The van der Waals surface area contributed by atoms with E-state index in [2.05, 4.69) is 20.7 Å². The van der Waals surface area contributed by atoms with Gasteiger partial charge in [0.2, 0.25) is 0 Å². The number of halogens is 2. The number of hydrogen-bond acceptors (Lipinski definition) is 3. The lowest BCUT2D eigenvalue weighted by molar-refractivity contribution is 0.570. The minimum Gasteiger partial charge on any atom is -0.376 e. The molecule has 2 aromatic rings. The number of rotatable bonds is 4. The van der Waals surface area contributed by atoms with Crippen molar-refractivity contribution in [2.24, 2.45) is 0 Å². The second-order valence-electron chi connectivity index (χ2n) is 4.59. The van der Waals surface area contributed by atoms with Crippen molar-refractivity contribution >= 4 is 37.3 Å². The van der Waals surface area contributed by atoms with Crippen LogP contribution >= 0.6 is 15.9 Å². The third kappa shape index (κ3) is 3.54. The first-order valence-electron chi connectivity index (χ1n) is 6.05. The molecule has 0 saturated heterocycles. The van der Waals surface area contributed by atoms with Gasteiger partial charge in [-0.1, -0.05) is 28.1 Å². The van der Waals surface area contributed by atoms with E-state index in [1.54, 1.807) is 37.2 Å². The molecule has 1 N–H and O–H groups in total. The van der Waals surface area contributed by atoms with E-state index in [0.29, 0.717) is 11.4 Å². The van der Waals surface area contributed by atoms with Crippen LogP contribution in [0, 0.1) is 5.82 Å². The third-order valence-electron chi connectivity index (χ3n) is 2.81. The van der Waals surface area contributed by atoms with Crippen molar-refractivity contribution in [3.05, 3.63) is 52.8 Å². The highest BCUT2D eigenvalue weighted by molar-refractivity contribution is 9.10. The molecule has 0 heterocycles. The van der Waals surface area contributed by atoms with Crippen molar-refractivity contribution in [3.63, 3.8) is 0 Å². The first-order valence-corrected chi connectivity index (χ1v) is 8.33. The molecule has 0 aliphatic rings. The number of hydrogen-bond donors (Lipinski definition) is 1. The van der Waals surface area contributed by atoms with Gasteiger partial charge < -0.3 is 4.90 Å². The Kier molecular flexibility index (Phi) is 4.53. The van der Waals surface area contributed by atoms with E-state index in [1.807, 2.05) is 0 Å². The van der Waals surface area contributed by atoms with E-state index in [-0.39, 0.29) is 4.90 Å². The summed E-state index contributed by atoms with van der Waals surface area (Å²) in [5.74, 6) is -0.786. The van der Waals surface area contributed by atoms with E-state index in [1.165, 1.54) is 18.2 Å². The fraction of sp³-hybridized carbons (Fsp3) is 0.143. The Bertz CT molecular complexity index is 763. The molecule has 2 rings (SSSR count). The fourth-order valence-electron chi connectivity index (χ4n) is 1.84. The molecular formula is C14H14BrFN2O2S. The summed E-state index contributed by atoms with van der Waals surface area (Å²) in [4.78, 5) is 1.39. The van der Waals surface area contributed by atoms with Gasteiger partial charge in [-0.3, -0.25) is 4.72 Å². The molecule has 0 saturated carbocycles. The zero-order valence-corrected chi connectivity index (χ0v) is 13.9. The molecule has 21 heavy (non-hydrogen) atoms. The summed E-state index contributed by atoms with van der Waals surface area (Å²) in [6.45, 7) is 0. The van der Waals surface area contributed by atoms with E-state index >= 15 is 0 Å². The van der Waals surface area contributed by atoms with Crippen LogP contribution in [-0.2, 0) is 10.0 Å². The van der Waals surface area contributed by atoms with Crippen LogP contribution in [0.4, 0.5) is 15.8 Å². The molecular weight excluding hydrogens is 359 g/mol. The zero-order chi connectivity index (χ0) is 15.6. The minimum atomic E-state index is -3.99. The van der Waals surface area contributed by atoms with Crippen molar-refractivity contribution < 1.29 is 12.8 Å². The molecule has 4 nitrogen and oxygen atoms in total. The van der Waals surface area contributed by atoms with Gasteiger partial charge in [0.05, 0.1) is 11.4 Å². The number of benzene rings is 2. The summed E-state index contributed by atoms with van der Waals surface area (Å²) in [6.07, 6.45) is 0. The van der Waals surface area contributed by atoms with E-state index in [9.17, 15) is 12.8 Å². The van der Waals surface area contributed by atoms with Gasteiger partial charge in [0.25, 0.3) is 10.0 Å². The zero-order valence-electron chi connectivity index (χ0n) is 11.5. The molecule has 0 aliphatic heterocycles. The van der Waals surface area contributed by atoms with Crippen molar-refractivity contribution in [1.29, 1.82) is 0 Å². The average Bonchev–Trinajstić information content (AvgIpc) is 2.38. The summed E-state index contributed by atoms with van der Waals surface area (Å²) in [7, 11) is -0.398. The summed E-state index contributed by atoms with van der Waals surface area (Å²) in [5.41, 5.74) is 1.05. The second kappa shape index (κ2) is 6.03. The molecule has 0 atom stereocenters. The van der Waals surface area contributed by atoms with E-state index < -0.39 is 15.8 Å². The standard InChI is InChI=1S/C14H14BrFN2O2S/c1-18(2)13-8-7-10(15)9-12(13)17-21(19,20)14-6-4-3-5-11(14)16/h3-9,17H,1-2H3. The van der Waals surface area contributed by atoms with Gasteiger partial charge in [-0.15, -0.1) is 0 Å². The predicted octanol–water partition coefficient (Wildman–Crippen LogP) is 3.46. The topological polar surface area (TPSA) is 49.4 Å². The normalized spacial score (nSPS) is 11.2. The first kappa shape index (κ1) is 15.8. The third-order valence-corrected chi connectivity index (χ3v) is 4.70. The van der Waals surface area contributed by atoms with E-state index in [4.69, 9.17) is 0 Å². The summed E-state index contributed by atoms with van der Waals surface area (Å²) in [6, 6.07) is 10.5. The van der Waals surface area contributed by atoms with Crippen LogP contribution in [0.1, 0.15) is 0 Å². The molecule has 0 unspecified atom stereocenters. The first-order chi connectivity index (χ1) is 9.81. The molecule has 0 amide bonds. The number of anilines is 2. The predicted molar refractivity (Wildman–Crippen MR) is 85.7 cm³/mol. The highest BCUT2D eigenvalue weighted by Gasteiger charge is 2.20. The lowest BCUT2D eigenvalue weighted by Crippen LogP contribution is -2.18. The van der Waals surface area contributed by atoms with Gasteiger partial charge in [0.1, 0.15) is 10.7 Å². The summed E-state index contributed by atoms with van der Waals surface area (Å²) in [5, 5.41) is 0. The number of sulfonamides is 1. The Morgan fingerprint density at radius 1 is 1.14 bits per heavy atom. The smallest absolute Gasteiger partial charge is 0.264 e. The molecule has 0 radical (unpaired) electrons. The van der Waals surface area contributed by atoms with Crippen LogP contribution in [0.2, 0.25) is 0 Å². The molecule has 0 aromatic heterocycles. The van der Waals surface area contributed by atoms with Crippen LogP contribution in [0.15, 0.2) is 51.8 Å². The lowest BCUT2D eigenvalue weighted by Gasteiger charge is -2.19. The quantitative estimate of drug-likeness (QED) is 0.893. The fourth-order valence-corrected chi connectivity index (χ4v) is 3.35. The van der Waals surface area contributed by atoms with Crippen molar-refractivity contribution in [2.75, 3.05) is 23.7 Å². The van der Waals surface area contributed by atoms with Crippen molar-refractivity contribution in [2.45, 2.75) is 4.90 Å². The number of nitrogens with one attached hydrogen (secondary N) is 1. The summed E-state index contributed by atoms with van der Waals surface area (Å²) < 4.78 is 41.5. The molecule has 2 aromatic carbocycles.